The molecule has 1 N–H and O–H groups in total. The van der Waals surface area contributed by atoms with Crippen molar-refractivity contribution in [2.24, 2.45) is 17.3 Å². The number of rotatable bonds is 21. The number of carbonyl (C=O) groups excluding carboxylic acids is 3. The van der Waals surface area contributed by atoms with Crippen molar-refractivity contribution in [2.75, 3.05) is 13.7 Å². The lowest BCUT2D eigenvalue weighted by Gasteiger charge is -2.29. The number of aromatic nitrogens is 2. The highest BCUT2D eigenvalue weighted by atomic mass is 32.2. The smallest absolute Gasteiger partial charge is 0.416 e. The van der Waals surface area contributed by atoms with Crippen LogP contribution in [0.15, 0.2) is 67.1 Å². The highest BCUT2D eigenvalue weighted by Crippen LogP contribution is 2.57. The summed E-state index contributed by atoms with van der Waals surface area (Å²) in [4.78, 5) is 55.4. The summed E-state index contributed by atoms with van der Waals surface area (Å²) in [6.07, 6.45) is 2.03. The third-order valence-corrected chi connectivity index (χ3v) is 16.9. The first-order chi connectivity index (χ1) is 31.6. The van der Waals surface area contributed by atoms with Crippen molar-refractivity contribution in [3.05, 3.63) is 95.0 Å². The molecule has 1 saturated heterocycles. The van der Waals surface area contributed by atoms with E-state index in [0.29, 0.717) is 69.9 Å². The normalized spacial score (nSPS) is 21.5. The summed E-state index contributed by atoms with van der Waals surface area (Å²) in [5.41, 5.74) is 1.42. The number of allylic oxidation sites excluding steroid dienone is 2. The Labute approximate surface area is 395 Å². The summed E-state index contributed by atoms with van der Waals surface area (Å²) in [5, 5.41) is 3.33. The molecule has 16 heteroatoms. The average Bonchev–Trinajstić information content (AvgIpc) is 4.06. The maximum atomic E-state index is 15.2. The number of benzene rings is 2. The number of sulfonamides is 1. The van der Waals surface area contributed by atoms with Crippen molar-refractivity contribution in [3.63, 3.8) is 0 Å². The number of alkyl halides is 3. The molecule has 3 fully saturated rings. The van der Waals surface area contributed by atoms with Crippen LogP contribution in [0.3, 0.4) is 0 Å². The van der Waals surface area contributed by atoms with E-state index in [1.165, 1.54) is 16.2 Å². The van der Waals surface area contributed by atoms with Gasteiger partial charge in [-0.05, 0) is 107 Å². The van der Waals surface area contributed by atoms with Crippen molar-refractivity contribution in [2.45, 2.75) is 134 Å². The van der Waals surface area contributed by atoms with Crippen LogP contribution in [0.1, 0.15) is 119 Å². The zero-order valence-corrected chi connectivity index (χ0v) is 40.8. The van der Waals surface area contributed by atoms with Gasteiger partial charge in [-0.15, -0.1) is 24.5 Å². The largest absolute Gasteiger partial charge is 0.496 e. The van der Waals surface area contributed by atoms with Crippen LogP contribution in [0.4, 0.5) is 13.2 Å². The van der Waals surface area contributed by atoms with Gasteiger partial charge in [0.2, 0.25) is 21.8 Å². The van der Waals surface area contributed by atoms with Gasteiger partial charge in [0, 0.05) is 41.2 Å². The second kappa shape index (κ2) is 19.5. The molecule has 7 rings (SSSR count). The van der Waals surface area contributed by atoms with Gasteiger partial charge in [-0.3, -0.25) is 19.1 Å². The van der Waals surface area contributed by atoms with Gasteiger partial charge < -0.3 is 14.4 Å². The number of carbonyl (C=O) groups is 3. The van der Waals surface area contributed by atoms with Gasteiger partial charge in [-0.2, -0.15) is 13.2 Å². The zero-order valence-electron chi connectivity index (χ0n) is 39.1. The number of nitrogens with one attached hydrogen (secondary N) is 1. The summed E-state index contributed by atoms with van der Waals surface area (Å²) in [7, 11) is -2.45. The number of hydrogen-bond donors (Lipinski definition) is 1. The molecule has 1 aliphatic heterocycles. The number of likely N-dealkylation sites (tertiary alicyclic amines) is 1. The van der Waals surface area contributed by atoms with Gasteiger partial charge in [-0.25, -0.2) is 18.4 Å². The molecule has 0 radical (unpaired) electrons. The summed E-state index contributed by atoms with van der Waals surface area (Å²) < 4.78 is 82.5. The molecule has 2 aliphatic carbocycles. The summed E-state index contributed by atoms with van der Waals surface area (Å²) in [6, 6.07) is 8.18. The Kier molecular flexibility index (Phi) is 14.5. The van der Waals surface area contributed by atoms with E-state index in [1.807, 2.05) is 30.5 Å². The van der Waals surface area contributed by atoms with E-state index in [4.69, 9.17) is 19.4 Å². The third-order valence-electron chi connectivity index (χ3n) is 13.9. The number of unbranched alkanes of at least 4 members (excludes halogenated alkanes) is 3. The minimum absolute atomic E-state index is 0.00113. The Morgan fingerprint density at radius 1 is 1.04 bits per heavy atom. The Morgan fingerprint density at radius 3 is 2.42 bits per heavy atom. The minimum atomic E-state index is -4.59. The van der Waals surface area contributed by atoms with Gasteiger partial charge in [0.25, 0.3) is 0 Å². The maximum Gasteiger partial charge on any atom is 0.416 e. The van der Waals surface area contributed by atoms with Crippen LogP contribution < -0.4 is 14.2 Å². The lowest BCUT2D eigenvalue weighted by atomic mass is 9.89. The van der Waals surface area contributed by atoms with Crippen LogP contribution in [-0.4, -0.2) is 71.4 Å². The third kappa shape index (κ3) is 10.6. The number of Topliss-reactive ketones (excluding diaryl/α,β-unsaturated/α-hetero) is 1. The zero-order chi connectivity index (χ0) is 48.6. The standard InChI is InChI=1S/C51H61F3N4O7S2/c1-9-11-12-13-14-15-34(22-33-20-31(5)21-36(23-33)51(52,53)54)47(60)58-28-37(24-41(58)42(59)27-50(26-35(50)10-2)48(61)57-67(62,63)49(7)18-19-49)65-44-25-39(46-56-40(29-66-46)30(3)4)55-45-32(6)43(64-8)17-16-38(44)45/h9-10,16-17,20-21,23,25,29-30,34-35,37,41H,1-2,11-15,18-19,22,24,26-28H2,3-8H3,(H,57,61)/t34-,35-,37-,41+,50-/m1/s1. The first-order valence-corrected chi connectivity index (χ1v) is 25.4. The molecule has 2 aromatic carbocycles. The lowest BCUT2D eigenvalue weighted by Crippen LogP contribution is -2.47. The molecule has 0 spiro atoms. The molecule has 0 bridgehead atoms. The number of thiazole rings is 1. The van der Waals surface area contributed by atoms with Crippen LogP contribution >= 0.6 is 11.3 Å². The van der Waals surface area contributed by atoms with Crippen LogP contribution in [0, 0.1) is 31.1 Å². The molecule has 5 atom stereocenters. The fraction of sp³-hybridized carbons (Fsp3) is 0.510. The van der Waals surface area contributed by atoms with Crippen LogP contribution in [0.25, 0.3) is 21.6 Å². The number of fused-ring (bicyclic) bond motifs is 1. The number of aryl methyl sites for hydroxylation is 2. The number of ether oxygens (including phenoxy) is 2. The van der Waals surface area contributed by atoms with E-state index < -0.39 is 73.5 Å². The highest BCUT2D eigenvalue weighted by Gasteiger charge is 2.62. The number of ketones is 1. The van der Waals surface area contributed by atoms with Gasteiger partial charge in [-0.1, -0.05) is 50.5 Å². The number of halogens is 3. The van der Waals surface area contributed by atoms with Crippen molar-refractivity contribution in [1.29, 1.82) is 0 Å². The van der Waals surface area contributed by atoms with Crippen molar-refractivity contribution < 1.29 is 45.4 Å². The van der Waals surface area contributed by atoms with E-state index >= 15 is 4.79 Å². The molecule has 67 heavy (non-hydrogen) atoms. The molecule has 2 saturated carbocycles. The van der Waals surface area contributed by atoms with Crippen LogP contribution in [-0.2, 0) is 37.0 Å². The summed E-state index contributed by atoms with van der Waals surface area (Å²) in [6.45, 7) is 16.8. The molecule has 3 heterocycles. The van der Waals surface area contributed by atoms with Gasteiger partial charge >= 0.3 is 6.18 Å². The SMILES string of the molecule is C=CCCCCC[C@H](Cc1cc(C)cc(C(F)(F)F)c1)C(=O)N1C[C@H](Oc2cc(-c3nc(C(C)C)cs3)nc3c(C)c(OC)ccc23)C[C@H]1C(=O)C[C@]1(C(=O)NS(=O)(=O)C2(C)CC2)C[C@H]1C=C. The Morgan fingerprint density at radius 2 is 1.79 bits per heavy atom. The highest BCUT2D eigenvalue weighted by molar-refractivity contribution is 7.91. The number of hydrogen-bond acceptors (Lipinski definition) is 10. The van der Waals surface area contributed by atoms with Crippen LogP contribution in [0.2, 0.25) is 0 Å². The topological polar surface area (TPSA) is 145 Å². The number of methoxy groups -OCH3 is 1. The lowest BCUT2D eigenvalue weighted by molar-refractivity contribution is -0.142. The molecule has 2 aromatic heterocycles. The second-order valence-electron chi connectivity index (χ2n) is 19.3. The van der Waals surface area contributed by atoms with Gasteiger partial charge in [0.1, 0.15) is 28.3 Å². The summed E-state index contributed by atoms with van der Waals surface area (Å²) >= 11 is 1.45. The molecular formula is C51H61F3N4O7S2. The number of pyridine rings is 1. The first-order valence-electron chi connectivity index (χ1n) is 23.1. The van der Waals surface area contributed by atoms with Gasteiger partial charge in [0.05, 0.1) is 46.6 Å². The molecule has 11 nitrogen and oxygen atoms in total. The molecule has 4 aromatic rings. The van der Waals surface area contributed by atoms with E-state index in [2.05, 4.69) is 31.7 Å². The van der Waals surface area contributed by atoms with Crippen molar-refractivity contribution in [3.8, 4) is 22.2 Å². The molecule has 2 amide bonds. The van der Waals surface area contributed by atoms with Crippen LogP contribution in [0.5, 0.6) is 11.5 Å². The number of nitrogens with zero attached hydrogens (tertiary/aromatic N) is 3. The number of amides is 2. The minimum Gasteiger partial charge on any atom is -0.496 e. The monoisotopic (exact) mass is 962 g/mol. The molecule has 0 unspecified atom stereocenters. The fourth-order valence-electron chi connectivity index (χ4n) is 9.33. The van der Waals surface area contributed by atoms with Crippen molar-refractivity contribution in [1.82, 2.24) is 19.6 Å². The Balaban J connectivity index is 1.26. The fourth-order valence-corrected chi connectivity index (χ4v) is 11.6. The van der Waals surface area contributed by atoms with E-state index in [0.717, 1.165) is 42.7 Å². The quantitative estimate of drug-likeness (QED) is 0.0637. The molecule has 360 valence electrons. The van der Waals surface area contributed by atoms with E-state index in [9.17, 15) is 31.2 Å². The Hall–Kier alpha value is -5.09. The maximum absolute atomic E-state index is 15.2. The second-order valence-corrected chi connectivity index (χ2v) is 22.3. The molecular weight excluding hydrogens is 902 g/mol. The Bertz CT molecular complexity index is 2680. The van der Waals surface area contributed by atoms with E-state index in [1.54, 1.807) is 39.2 Å². The predicted molar refractivity (Wildman–Crippen MR) is 254 cm³/mol. The first kappa shape index (κ1) is 49.8. The van der Waals surface area contributed by atoms with E-state index in [-0.39, 0.29) is 38.1 Å². The van der Waals surface area contributed by atoms with Crippen molar-refractivity contribution >= 4 is 49.9 Å². The average molecular weight is 963 g/mol. The predicted octanol–water partition coefficient (Wildman–Crippen LogP) is 10.6. The van der Waals surface area contributed by atoms with Gasteiger partial charge in [0.15, 0.2) is 5.78 Å². The molecule has 3 aliphatic rings. The summed E-state index contributed by atoms with van der Waals surface area (Å²) in [5.74, 6) is -1.66.